The average Bonchev–Trinajstić information content (AvgIpc) is 3.07. The Labute approximate surface area is 245 Å². The molecule has 200 valence electrons. The van der Waals surface area contributed by atoms with Crippen LogP contribution in [-0.2, 0) is 10.8 Å². The summed E-state index contributed by atoms with van der Waals surface area (Å²) in [6.45, 7) is 14.3. The first-order valence-corrected chi connectivity index (χ1v) is 14.6. The highest BCUT2D eigenvalue weighted by Gasteiger charge is 2.56. The van der Waals surface area contributed by atoms with Crippen molar-refractivity contribution in [2.75, 3.05) is 0 Å². The van der Waals surface area contributed by atoms with Crippen LogP contribution in [0.15, 0.2) is 102 Å². The monoisotopic (exact) mass is 587 g/mol. The fourth-order valence-corrected chi connectivity index (χ4v) is 6.59. The minimum absolute atomic E-state index is 0.0494. The first-order valence-electron chi connectivity index (χ1n) is 13.8. The molecule has 0 aliphatic heterocycles. The van der Waals surface area contributed by atoms with Crippen LogP contribution in [0.3, 0.4) is 0 Å². The molecule has 1 aliphatic carbocycles. The molecule has 0 amide bonds. The van der Waals surface area contributed by atoms with Gasteiger partial charge in [-0.25, -0.2) is 15.0 Å². The molecular weight excluding hydrogens is 554 g/mol. The zero-order valence-electron chi connectivity index (χ0n) is 24.0. The summed E-state index contributed by atoms with van der Waals surface area (Å²) in [6.07, 6.45) is 0. The lowest BCUT2D eigenvalue weighted by Gasteiger charge is -2.44. The molecule has 0 saturated heterocycles. The van der Waals surface area contributed by atoms with E-state index in [9.17, 15) is 0 Å². The van der Waals surface area contributed by atoms with Gasteiger partial charge in [-0.3, -0.25) is 0 Å². The maximum atomic E-state index is 4.89. The Morgan fingerprint density at radius 2 is 0.850 bits per heavy atom. The standard InChI is InChI=1S/C36H34BrN3/c1-34(2)28-21-27(30(37)22-29(28)35(3,4)36(34,5)6)23-17-19-26(20-18-23)33-39-31(24-13-9-7-10-14-24)38-32(40-33)25-15-11-8-12-16-25/h7-22H,1-6H3. The topological polar surface area (TPSA) is 38.7 Å². The molecule has 0 N–H and O–H groups in total. The molecule has 1 heterocycles. The van der Waals surface area contributed by atoms with Crippen molar-refractivity contribution in [1.82, 2.24) is 15.0 Å². The molecule has 0 atom stereocenters. The van der Waals surface area contributed by atoms with E-state index in [-0.39, 0.29) is 16.2 Å². The highest BCUT2D eigenvalue weighted by atomic mass is 79.9. The van der Waals surface area contributed by atoms with Crippen LogP contribution in [0.1, 0.15) is 52.7 Å². The minimum atomic E-state index is 0.0494. The first-order chi connectivity index (χ1) is 19.0. The van der Waals surface area contributed by atoms with Gasteiger partial charge in [0.15, 0.2) is 17.5 Å². The molecule has 4 aromatic carbocycles. The van der Waals surface area contributed by atoms with E-state index in [1.54, 1.807) is 0 Å². The maximum Gasteiger partial charge on any atom is 0.164 e. The highest BCUT2D eigenvalue weighted by molar-refractivity contribution is 9.10. The Morgan fingerprint density at radius 1 is 0.475 bits per heavy atom. The minimum Gasteiger partial charge on any atom is -0.208 e. The second-order valence-electron chi connectivity index (χ2n) is 12.4. The number of benzene rings is 4. The van der Waals surface area contributed by atoms with Crippen LogP contribution < -0.4 is 0 Å². The number of fused-ring (bicyclic) bond motifs is 1. The van der Waals surface area contributed by atoms with E-state index < -0.39 is 0 Å². The predicted octanol–water partition coefficient (Wildman–Crippen LogP) is 9.90. The number of nitrogens with zero attached hydrogens (tertiary/aromatic N) is 3. The fraction of sp³-hybridized carbons (Fsp3) is 0.250. The van der Waals surface area contributed by atoms with E-state index in [0.29, 0.717) is 17.5 Å². The van der Waals surface area contributed by atoms with Crippen molar-refractivity contribution in [3.05, 3.63) is 113 Å². The van der Waals surface area contributed by atoms with Gasteiger partial charge in [0, 0.05) is 21.2 Å². The van der Waals surface area contributed by atoms with Gasteiger partial charge in [-0.1, -0.05) is 142 Å². The lowest BCUT2D eigenvalue weighted by molar-refractivity contribution is 0.125. The van der Waals surface area contributed by atoms with Gasteiger partial charge in [0.1, 0.15) is 0 Å². The molecule has 0 radical (unpaired) electrons. The van der Waals surface area contributed by atoms with E-state index in [1.165, 1.54) is 16.7 Å². The van der Waals surface area contributed by atoms with E-state index in [2.05, 4.69) is 93.9 Å². The Kier molecular flexibility index (Phi) is 6.30. The second-order valence-corrected chi connectivity index (χ2v) is 13.2. The quantitative estimate of drug-likeness (QED) is 0.210. The number of hydrogen-bond donors (Lipinski definition) is 0. The van der Waals surface area contributed by atoms with Crippen molar-refractivity contribution in [3.8, 4) is 45.3 Å². The summed E-state index contributed by atoms with van der Waals surface area (Å²) in [5.41, 5.74) is 8.37. The molecule has 40 heavy (non-hydrogen) atoms. The number of hydrogen-bond acceptors (Lipinski definition) is 3. The van der Waals surface area contributed by atoms with Gasteiger partial charge in [0.05, 0.1) is 0 Å². The largest absolute Gasteiger partial charge is 0.208 e. The third kappa shape index (κ3) is 4.12. The van der Waals surface area contributed by atoms with Gasteiger partial charge in [-0.2, -0.15) is 0 Å². The fourth-order valence-electron chi connectivity index (χ4n) is 6.02. The molecule has 5 aromatic rings. The van der Waals surface area contributed by atoms with Crippen molar-refractivity contribution in [3.63, 3.8) is 0 Å². The van der Waals surface area contributed by atoms with Crippen LogP contribution in [-0.4, -0.2) is 15.0 Å². The van der Waals surface area contributed by atoms with Crippen molar-refractivity contribution in [2.24, 2.45) is 5.41 Å². The van der Waals surface area contributed by atoms with Crippen molar-refractivity contribution >= 4 is 15.9 Å². The maximum absolute atomic E-state index is 4.89. The second kappa shape index (κ2) is 9.49. The molecule has 0 unspecified atom stereocenters. The lowest BCUT2D eigenvalue weighted by atomic mass is 9.59. The van der Waals surface area contributed by atoms with Crippen molar-refractivity contribution in [1.29, 1.82) is 0 Å². The SMILES string of the molecule is CC1(C)c2cc(Br)c(-c3ccc(-c4nc(-c5ccccc5)nc(-c5ccccc5)n4)cc3)cc2C(C)(C)C1(C)C. The molecule has 0 saturated carbocycles. The van der Waals surface area contributed by atoms with Crippen molar-refractivity contribution < 1.29 is 0 Å². The van der Waals surface area contributed by atoms with E-state index in [4.69, 9.17) is 15.0 Å². The molecule has 1 aromatic heterocycles. The third-order valence-electron chi connectivity index (χ3n) is 9.73. The predicted molar refractivity (Wildman–Crippen MR) is 169 cm³/mol. The van der Waals surface area contributed by atoms with Crippen LogP contribution in [0.5, 0.6) is 0 Å². The van der Waals surface area contributed by atoms with Crippen LogP contribution in [0.25, 0.3) is 45.3 Å². The summed E-state index contributed by atoms with van der Waals surface area (Å²) in [5.74, 6) is 2.00. The van der Waals surface area contributed by atoms with Gasteiger partial charge >= 0.3 is 0 Å². The normalized spacial score (nSPS) is 16.5. The average molecular weight is 589 g/mol. The molecule has 6 rings (SSSR count). The number of halogens is 1. The Balaban J connectivity index is 1.43. The Bertz CT molecular complexity index is 1650. The zero-order valence-corrected chi connectivity index (χ0v) is 25.5. The molecule has 0 fully saturated rings. The molecule has 4 heteroatoms. The van der Waals surface area contributed by atoms with Crippen LogP contribution in [0.2, 0.25) is 0 Å². The lowest BCUT2D eigenvalue weighted by Crippen LogP contribution is -2.42. The van der Waals surface area contributed by atoms with Gasteiger partial charge in [-0.15, -0.1) is 0 Å². The summed E-state index contributed by atoms with van der Waals surface area (Å²) in [6, 6.07) is 33.5. The summed E-state index contributed by atoms with van der Waals surface area (Å²) in [7, 11) is 0. The molecule has 0 spiro atoms. The third-order valence-corrected chi connectivity index (χ3v) is 10.4. The molecule has 3 nitrogen and oxygen atoms in total. The van der Waals surface area contributed by atoms with E-state index in [1.807, 2.05) is 60.7 Å². The van der Waals surface area contributed by atoms with Gasteiger partial charge in [-0.05, 0) is 50.6 Å². The highest BCUT2D eigenvalue weighted by Crippen LogP contribution is 2.62. The number of aromatic nitrogens is 3. The molecule has 1 aliphatic rings. The van der Waals surface area contributed by atoms with Crippen LogP contribution in [0.4, 0.5) is 0 Å². The smallest absolute Gasteiger partial charge is 0.164 e. The van der Waals surface area contributed by atoms with Crippen LogP contribution >= 0.6 is 15.9 Å². The van der Waals surface area contributed by atoms with Gasteiger partial charge < -0.3 is 0 Å². The van der Waals surface area contributed by atoms with Crippen LogP contribution in [0, 0.1) is 5.41 Å². The first kappa shape index (κ1) is 26.6. The van der Waals surface area contributed by atoms with Crippen molar-refractivity contribution in [2.45, 2.75) is 52.4 Å². The Morgan fingerprint density at radius 3 is 1.30 bits per heavy atom. The summed E-state index contributed by atoms with van der Waals surface area (Å²) in [5, 5.41) is 0. The summed E-state index contributed by atoms with van der Waals surface area (Å²) >= 11 is 3.91. The van der Waals surface area contributed by atoms with Gasteiger partial charge in [0.25, 0.3) is 0 Å². The molecular formula is C36H34BrN3. The van der Waals surface area contributed by atoms with Gasteiger partial charge in [0.2, 0.25) is 0 Å². The Hall–Kier alpha value is -3.63. The molecule has 0 bridgehead atoms. The number of rotatable bonds is 4. The summed E-state index contributed by atoms with van der Waals surface area (Å²) < 4.78 is 1.12. The van der Waals surface area contributed by atoms with E-state index >= 15 is 0 Å². The van der Waals surface area contributed by atoms with E-state index in [0.717, 1.165) is 26.7 Å². The summed E-state index contributed by atoms with van der Waals surface area (Å²) in [4.78, 5) is 14.6. The zero-order chi connectivity index (χ0) is 28.3.